The van der Waals surface area contributed by atoms with Crippen LogP contribution in [0.4, 0.5) is 0 Å². The van der Waals surface area contributed by atoms with Gasteiger partial charge in [-0.3, -0.25) is 0 Å². The van der Waals surface area contributed by atoms with Crippen molar-refractivity contribution in [2.45, 2.75) is 72.1 Å². The van der Waals surface area contributed by atoms with E-state index < -0.39 is 0 Å². The Morgan fingerprint density at radius 1 is 1.32 bits per heavy atom. The number of hydrogen-bond donors (Lipinski definition) is 1. The summed E-state index contributed by atoms with van der Waals surface area (Å²) in [7, 11) is 2.27. The van der Waals surface area contributed by atoms with Crippen molar-refractivity contribution in [1.82, 2.24) is 10.2 Å². The standard InChI is InChI=1S/C16H34N2O/c1-7-16(8-2,11-17-13(3)4)12-18(6)15-9-10-19-14(15)5/h13-15,17H,7-12H2,1-6H3. The third kappa shape index (κ3) is 4.73. The molecular weight excluding hydrogens is 236 g/mol. The summed E-state index contributed by atoms with van der Waals surface area (Å²) < 4.78 is 5.71. The maximum Gasteiger partial charge on any atom is 0.0702 e. The van der Waals surface area contributed by atoms with Crippen molar-refractivity contribution in [2.24, 2.45) is 5.41 Å². The van der Waals surface area contributed by atoms with Gasteiger partial charge in [-0.05, 0) is 38.6 Å². The molecule has 0 bridgehead atoms. The van der Waals surface area contributed by atoms with Gasteiger partial charge in [0, 0.05) is 31.8 Å². The molecule has 1 aliphatic rings. The first-order valence-electron chi connectivity index (χ1n) is 7.99. The quantitative estimate of drug-likeness (QED) is 0.734. The Balaban J connectivity index is 2.60. The molecule has 0 spiro atoms. The molecule has 0 radical (unpaired) electrons. The van der Waals surface area contributed by atoms with E-state index in [4.69, 9.17) is 4.74 Å². The van der Waals surface area contributed by atoms with Gasteiger partial charge in [-0.25, -0.2) is 0 Å². The molecule has 2 unspecified atom stereocenters. The lowest BCUT2D eigenvalue weighted by Gasteiger charge is -2.39. The Morgan fingerprint density at radius 3 is 2.37 bits per heavy atom. The van der Waals surface area contributed by atoms with Crippen LogP contribution >= 0.6 is 0 Å². The molecule has 3 heteroatoms. The molecular formula is C16H34N2O. The van der Waals surface area contributed by atoms with E-state index >= 15 is 0 Å². The summed E-state index contributed by atoms with van der Waals surface area (Å²) in [5, 5.41) is 3.64. The van der Waals surface area contributed by atoms with E-state index in [1.807, 2.05) is 0 Å². The molecule has 1 heterocycles. The molecule has 0 amide bonds. The van der Waals surface area contributed by atoms with Gasteiger partial charge in [-0.1, -0.05) is 27.7 Å². The Kier molecular flexibility index (Phi) is 6.78. The fourth-order valence-electron chi connectivity index (χ4n) is 3.15. The van der Waals surface area contributed by atoms with Crippen molar-refractivity contribution in [1.29, 1.82) is 0 Å². The minimum absolute atomic E-state index is 0.384. The van der Waals surface area contributed by atoms with Crippen LogP contribution in [-0.4, -0.2) is 49.8 Å². The van der Waals surface area contributed by atoms with Crippen LogP contribution in [0.25, 0.3) is 0 Å². The van der Waals surface area contributed by atoms with E-state index in [1.165, 1.54) is 19.3 Å². The Bertz CT molecular complexity index is 251. The van der Waals surface area contributed by atoms with E-state index in [2.05, 4.69) is 51.9 Å². The minimum atomic E-state index is 0.384. The van der Waals surface area contributed by atoms with Gasteiger partial charge < -0.3 is 15.0 Å². The lowest BCUT2D eigenvalue weighted by atomic mass is 9.81. The predicted molar refractivity (Wildman–Crippen MR) is 82.6 cm³/mol. The molecule has 0 aliphatic carbocycles. The molecule has 0 saturated carbocycles. The topological polar surface area (TPSA) is 24.5 Å². The second-order valence-electron chi connectivity index (χ2n) is 6.59. The Morgan fingerprint density at radius 2 is 1.95 bits per heavy atom. The van der Waals surface area contributed by atoms with Crippen LogP contribution < -0.4 is 5.32 Å². The highest BCUT2D eigenvalue weighted by molar-refractivity contribution is 4.88. The normalized spacial score (nSPS) is 24.6. The molecule has 19 heavy (non-hydrogen) atoms. The van der Waals surface area contributed by atoms with Gasteiger partial charge >= 0.3 is 0 Å². The molecule has 0 aromatic heterocycles. The van der Waals surface area contributed by atoms with Crippen LogP contribution in [0.5, 0.6) is 0 Å². The summed E-state index contributed by atoms with van der Waals surface area (Å²) >= 11 is 0. The minimum Gasteiger partial charge on any atom is -0.377 e. The van der Waals surface area contributed by atoms with Crippen LogP contribution in [0, 0.1) is 5.41 Å². The van der Waals surface area contributed by atoms with Crippen molar-refractivity contribution in [2.75, 3.05) is 26.7 Å². The highest BCUT2D eigenvalue weighted by Crippen LogP contribution is 2.29. The number of nitrogens with zero attached hydrogens (tertiary/aromatic N) is 1. The van der Waals surface area contributed by atoms with Gasteiger partial charge in [-0.2, -0.15) is 0 Å². The Hall–Kier alpha value is -0.120. The van der Waals surface area contributed by atoms with Crippen LogP contribution in [0.3, 0.4) is 0 Å². The molecule has 2 atom stereocenters. The summed E-state index contributed by atoms with van der Waals surface area (Å²) in [5.74, 6) is 0. The molecule has 1 saturated heterocycles. The summed E-state index contributed by atoms with van der Waals surface area (Å²) in [6.07, 6.45) is 4.03. The number of ether oxygens (including phenoxy) is 1. The van der Waals surface area contributed by atoms with Crippen molar-refractivity contribution in [3.63, 3.8) is 0 Å². The second-order valence-corrected chi connectivity index (χ2v) is 6.59. The van der Waals surface area contributed by atoms with Crippen LogP contribution in [-0.2, 0) is 4.74 Å². The summed E-state index contributed by atoms with van der Waals surface area (Å²) in [6, 6.07) is 1.16. The van der Waals surface area contributed by atoms with Crippen LogP contribution in [0.15, 0.2) is 0 Å². The van der Waals surface area contributed by atoms with Crippen molar-refractivity contribution in [3.8, 4) is 0 Å². The monoisotopic (exact) mass is 270 g/mol. The predicted octanol–water partition coefficient (Wildman–Crippen LogP) is 2.90. The average Bonchev–Trinajstić information content (AvgIpc) is 2.80. The lowest BCUT2D eigenvalue weighted by molar-refractivity contribution is 0.0594. The third-order valence-corrected chi connectivity index (χ3v) is 4.87. The number of likely N-dealkylation sites (N-methyl/N-ethyl adjacent to an activating group) is 1. The zero-order valence-corrected chi connectivity index (χ0v) is 13.8. The molecule has 1 rings (SSSR count). The van der Waals surface area contributed by atoms with Gasteiger partial charge in [0.1, 0.15) is 0 Å². The van der Waals surface area contributed by atoms with Gasteiger partial charge in [0.25, 0.3) is 0 Å². The first-order valence-corrected chi connectivity index (χ1v) is 7.99. The fraction of sp³-hybridized carbons (Fsp3) is 1.00. The number of hydrogen-bond acceptors (Lipinski definition) is 3. The van der Waals surface area contributed by atoms with Crippen LogP contribution in [0.1, 0.15) is 53.9 Å². The van der Waals surface area contributed by atoms with E-state index in [-0.39, 0.29) is 0 Å². The number of nitrogens with one attached hydrogen (secondary N) is 1. The lowest BCUT2D eigenvalue weighted by Crippen LogP contribution is -2.48. The zero-order chi connectivity index (χ0) is 14.5. The van der Waals surface area contributed by atoms with E-state index in [0.717, 1.165) is 19.7 Å². The maximum absolute atomic E-state index is 5.71. The van der Waals surface area contributed by atoms with Crippen molar-refractivity contribution in [3.05, 3.63) is 0 Å². The fourth-order valence-corrected chi connectivity index (χ4v) is 3.15. The van der Waals surface area contributed by atoms with Gasteiger partial charge in [0.05, 0.1) is 6.10 Å². The molecule has 1 fully saturated rings. The average molecular weight is 270 g/mol. The van der Waals surface area contributed by atoms with E-state index in [1.54, 1.807) is 0 Å². The highest BCUT2D eigenvalue weighted by Gasteiger charge is 2.34. The van der Waals surface area contributed by atoms with Crippen LogP contribution in [0.2, 0.25) is 0 Å². The highest BCUT2D eigenvalue weighted by atomic mass is 16.5. The third-order valence-electron chi connectivity index (χ3n) is 4.87. The molecule has 3 nitrogen and oxygen atoms in total. The smallest absolute Gasteiger partial charge is 0.0702 e. The van der Waals surface area contributed by atoms with Crippen molar-refractivity contribution >= 4 is 0 Å². The first-order chi connectivity index (χ1) is 8.94. The molecule has 1 aliphatic heterocycles. The first kappa shape index (κ1) is 16.9. The Labute approximate surface area is 120 Å². The summed E-state index contributed by atoms with van der Waals surface area (Å²) in [6.45, 7) is 14.5. The van der Waals surface area contributed by atoms with Crippen molar-refractivity contribution < 1.29 is 4.74 Å². The van der Waals surface area contributed by atoms with Gasteiger partial charge in [-0.15, -0.1) is 0 Å². The van der Waals surface area contributed by atoms with E-state index in [0.29, 0.717) is 23.6 Å². The molecule has 0 aromatic carbocycles. The second kappa shape index (κ2) is 7.61. The zero-order valence-electron chi connectivity index (χ0n) is 13.8. The molecule has 114 valence electrons. The van der Waals surface area contributed by atoms with Gasteiger partial charge in [0.15, 0.2) is 0 Å². The summed E-state index contributed by atoms with van der Waals surface area (Å²) in [4.78, 5) is 2.53. The summed E-state index contributed by atoms with van der Waals surface area (Å²) in [5.41, 5.74) is 0.390. The largest absolute Gasteiger partial charge is 0.377 e. The van der Waals surface area contributed by atoms with Gasteiger partial charge in [0.2, 0.25) is 0 Å². The molecule has 1 N–H and O–H groups in total. The number of rotatable bonds is 8. The molecule has 0 aromatic rings. The van der Waals surface area contributed by atoms with E-state index in [9.17, 15) is 0 Å². The SMILES string of the molecule is CCC(CC)(CNC(C)C)CN(C)C1CCOC1C. The maximum atomic E-state index is 5.71.